The number of fused-ring (bicyclic) bond motifs is 4. The van der Waals surface area contributed by atoms with Crippen molar-refractivity contribution >= 4 is 22.9 Å². The van der Waals surface area contributed by atoms with Gasteiger partial charge in [0, 0.05) is 17.2 Å². The van der Waals surface area contributed by atoms with Gasteiger partial charge in [0.05, 0.1) is 11.1 Å². The monoisotopic (exact) mass is 294 g/mol. The maximum atomic E-state index is 9.18. The van der Waals surface area contributed by atoms with Crippen LogP contribution in [0.25, 0.3) is 22.9 Å². The predicted molar refractivity (Wildman–Crippen MR) is 88.8 cm³/mol. The van der Waals surface area contributed by atoms with Crippen molar-refractivity contribution in [3.8, 4) is 23.6 Å². The van der Waals surface area contributed by atoms with Gasteiger partial charge >= 0.3 is 0 Å². The molecule has 23 heavy (non-hydrogen) atoms. The van der Waals surface area contributed by atoms with Crippen LogP contribution in [0, 0.1) is 22.7 Å². The number of benzene rings is 3. The summed E-state index contributed by atoms with van der Waals surface area (Å²) < 4.78 is 6.03. The van der Waals surface area contributed by atoms with Crippen molar-refractivity contribution in [2.24, 2.45) is 0 Å². The van der Waals surface area contributed by atoms with Crippen molar-refractivity contribution in [2.75, 3.05) is 0 Å². The van der Waals surface area contributed by atoms with Crippen LogP contribution in [-0.2, 0) is 0 Å². The molecule has 0 aliphatic carbocycles. The summed E-state index contributed by atoms with van der Waals surface area (Å²) in [5.74, 6) is 1.33. The molecule has 0 N–H and O–H groups in total. The van der Waals surface area contributed by atoms with Crippen molar-refractivity contribution in [1.29, 1.82) is 10.5 Å². The molecule has 3 aromatic carbocycles. The maximum Gasteiger partial charge on any atom is 0.136 e. The molecule has 1 aliphatic heterocycles. The van der Waals surface area contributed by atoms with Gasteiger partial charge in [0.15, 0.2) is 0 Å². The first-order chi connectivity index (χ1) is 11.3. The molecule has 1 aliphatic rings. The van der Waals surface area contributed by atoms with E-state index >= 15 is 0 Å². The lowest BCUT2D eigenvalue weighted by atomic mass is 10.0. The Labute approximate surface area is 133 Å². The Morgan fingerprint density at radius 3 is 2.39 bits per heavy atom. The van der Waals surface area contributed by atoms with Crippen LogP contribution in [0.1, 0.15) is 22.3 Å². The van der Waals surface area contributed by atoms with Crippen LogP contribution >= 0.6 is 0 Å². The van der Waals surface area contributed by atoms with Crippen LogP contribution < -0.4 is 4.74 Å². The molecule has 4 rings (SSSR count). The minimum Gasteiger partial charge on any atom is -0.456 e. The van der Waals surface area contributed by atoms with Gasteiger partial charge in [0.1, 0.15) is 23.6 Å². The molecule has 0 amide bonds. The second-order valence-electron chi connectivity index (χ2n) is 5.29. The standard InChI is InChI=1S/C20H10N2O/c21-11-15-9-14-5-7-18-17-4-2-1-3-13(17)6-8-19(18)23-20(14)10-16(15)12-22/h1-10H. The normalized spacial score (nSPS) is 11.6. The van der Waals surface area contributed by atoms with Crippen LogP contribution in [0.4, 0.5) is 0 Å². The zero-order chi connectivity index (χ0) is 15.8. The Kier molecular flexibility index (Phi) is 2.86. The van der Waals surface area contributed by atoms with E-state index in [2.05, 4.69) is 18.2 Å². The van der Waals surface area contributed by atoms with Crippen molar-refractivity contribution in [3.63, 3.8) is 0 Å². The molecule has 0 unspecified atom stereocenters. The number of hydrogen-bond donors (Lipinski definition) is 0. The van der Waals surface area contributed by atoms with Gasteiger partial charge in [-0.15, -0.1) is 0 Å². The fraction of sp³-hybridized carbons (Fsp3) is 0. The van der Waals surface area contributed by atoms with Crippen LogP contribution in [0.3, 0.4) is 0 Å². The number of nitrogens with zero attached hydrogens (tertiary/aromatic N) is 2. The van der Waals surface area contributed by atoms with Crippen molar-refractivity contribution in [2.45, 2.75) is 0 Å². The molecule has 3 heteroatoms. The topological polar surface area (TPSA) is 56.8 Å². The van der Waals surface area contributed by atoms with E-state index in [1.807, 2.05) is 42.5 Å². The Bertz CT molecular complexity index is 1070. The third-order valence-electron chi connectivity index (χ3n) is 3.97. The van der Waals surface area contributed by atoms with Crippen LogP contribution in [0.15, 0.2) is 48.5 Å². The number of hydrogen-bond acceptors (Lipinski definition) is 3. The van der Waals surface area contributed by atoms with Crippen LogP contribution in [0.2, 0.25) is 0 Å². The summed E-state index contributed by atoms with van der Waals surface area (Å²) in [6.07, 6.45) is 3.92. The number of ether oxygens (including phenoxy) is 1. The highest BCUT2D eigenvalue weighted by Gasteiger charge is 2.15. The highest BCUT2D eigenvalue weighted by Crippen LogP contribution is 2.38. The molecule has 1 heterocycles. The van der Waals surface area contributed by atoms with Gasteiger partial charge in [-0.05, 0) is 29.0 Å². The third kappa shape index (κ3) is 2.04. The molecule has 3 aromatic rings. The molecule has 0 bridgehead atoms. The van der Waals surface area contributed by atoms with E-state index in [0.717, 1.165) is 27.6 Å². The maximum absolute atomic E-state index is 9.18. The zero-order valence-corrected chi connectivity index (χ0v) is 12.1. The van der Waals surface area contributed by atoms with Crippen molar-refractivity contribution < 1.29 is 4.74 Å². The third-order valence-corrected chi connectivity index (χ3v) is 3.97. The molecule has 0 saturated heterocycles. The second kappa shape index (κ2) is 5.02. The molecule has 0 fully saturated rings. The summed E-state index contributed by atoms with van der Waals surface area (Å²) in [7, 11) is 0. The lowest BCUT2D eigenvalue weighted by Gasteiger charge is -2.11. The van der Waals surface area contributed by atoms with Gasteiger partial charge in [-0.1, -0.05) is 36.4 Å². The minimum atomic E-state index is 0.323. The van der Waals surface area contributed by atoms with E-state index in [4.69, 9.17) is 4.74 Å². The summed E-state index contributed by atoms with van der Waals surface area (Å²) >= 11 is 0. The zero-order valence-electron chi connectivity index (χ0n) is 12.1. The van der Waals surface area contributed by atoms with Gasteiger partial charge < -0.3 is 4.74 Å². The van der Waals surface area contributed by atoms with E-state index in [-0.39, 0.29) is 0 Å². The number of rotatable bonds is 0. The highest BCUT2D eigenvalue weighted by atomic mass is 16.5. The highest BCUT2D eigenvalue weighted by molar-refractivity contribution is 5.96. The summed E-state index contributed by atoms with van der Waals surface area (Å²) in [5.41, 5.74) is 2.47. The summed E-state index contributed by atoms with van der Waals surface area (Å²) in [5, 5.41) is 20.6. The van der Waals surface area contributed by atoms with Crippen molar-refractivity contribution in [3.05, 3.63) is 70.8 Å². The summed E-state index contributed by atoms with van der Waals surface area (Å²) in [6.45, 7) is 0. The van der Waals surface area contributed by atoms with Gasteiger partial charge in [0.2, 0.25) is 0 Å². The first kappa shape index (κ1) is 13.1. The van der Waals surface area contributed by atoms with Crippen LogP contribution in [0.5, 0.6) is 11.5 Å². The smallest absolute Gasteiger partial charge is 0.136 e. The Hall–Kier alpha value is -3.56. The van der Waals surface area contributed by atoms with Gasteiger partial charge in [0.25, 0.3) is 0 Å². The van der Waals surface area contributed by atoms with E-state index in [1.165, 1.54) is 0 Å². The summed E-state index contributed by atoms with van der Waals surface area (Å²) in [4.78, 5) is 0. The Balaban J connectivity index is 1.96. The van der Waals surface area contributed by atoms with E-state index in [0.29, 0.717) is 16.9 Å². The molecular formula is C20H10N2O. The predicted octanol–water partition coefficient (Wildman–Crippen LogP) is 4.86. The first-order valence-electron chi connectivity index (χ1n) is 7.16. The molecule has 0 radical (unpaired) electrons. The van der Waals surface area contributed by atoms with Gasteiger partial charge in [-0.2, -0.15) is 10.5 Å². The molecule has 0 atom stereocenters. The molecular weight excluding hydrogens is 284 g/mol. The van der Waals surface area contributed by atoms with E-state index in [9.17, 15) is 10.5 Å². The fourth-order valence-corrected chi connectivity index (χ4v) is 2.83. The molecule has 106 valence electrons. The van der Waals surface area contributed by atoms with Gasteiger partial charge in [-0.25, -0.2) is 0 Å². The molecule has 0 spiro atoms. The first-order valence-corrected chi connectivity index (χ1v) is 7.16. The van der Waals surface area contributed by atoms with E-state index in [1.54, 1.807) is 12.1 Å². The van der Waals surface area contributed by atoms with E-state index < -0.39 is 0 Å². The molecule has 0 saturated carbocycles. The quantitative estimate of drug-likeness (QED) is 0.465. The average Bonchev–Trinajstić information content (AvgIpc) is 2.79. The largest absolute Gasteiger partial charge is 0.456 e. The second-order valence-corrected chi connectivity index (χ2v) is 5.29. The Morgan fingerprint density at radius 2 is 1.57 bits per heavy atom. The molecule has 0 aromatic heterocycles. The molecule has 3 nitrogen and oxygen atoms in total. The van der Waals surface area contributed by atoms with Gasteiger partial charge in [-0.3, -0.25) is 0 Å². The minimum absolute atomic E-state index is 0.323. The SMILES string of the molecule is N#Cc1cc2c(cc1C#N)Oc1ccc3ccccc3c1C=C2. The lowest BCUT2D eigenvalue weighted by Crippen LogP contribution is -1.92. The average molecular weight is 294 g/mol. The summed E-state index contributed by atoms with van der Waals surface area (Å²) in [6, 6.07) is 19.5. The number of nitriles is 2. The Morgan fingerprint density at radius 1 is 0.783 bits per heavy atom. The van der Waals surface area contributed by atoms with Crippen LogP contribution in [-0.4, -0.2) is 0 Å². The van der Waals surface area contributed by atoms with Crippen molar-refractivity contribution in [1.82, 2.24) is 0 Å². The lowest BCUT2D eigenvalue weighted by molar-refractivity contribution is 0.482. The fourth-order valence-electron chi connectivity index (χ4n) is 2.83.